The highest BCUT2D eigenvalue weighted by Gasteiger charge is 2.27. The molecule has 0 amide bonds. The normalized spacial score (nSPS) is 11.6. The maximum absolute atomic E-state index is 13.0. The minimum atomic E-state index is -4.37. The van der Waals surface area contributed by atoms with Crippen LogP contribution in [0.5, 0.6) is 0 Å². The SMILES string of the molecule is Fc1ccc(NCCOCC(F)(F)F)c(F)c1. The first-order valence-electron chi connectivity index (χ1n) is 4.72. The van der Waals surface area contributed by atoms with Crippen molar-refractivity contribution in [1.82, 2.24) is 0 Å². The molecule has 0 aliphatic carbocycles. The van der Waals surface area contributed by atoms with Crippen molar-refractivity contribution >= 4 is 5.69 Å². The minimum Gasteiger partial charge on any atom is -0.380 e. The van der Waals surface area contributed by atoms with Crippen LogP contribution in [0.25, 0.3) is 0 Å². The highest BCUT2D eigenvalue weighted by molar-refractivity contribution is 5.44. The van der Waals surface area contributed by atoms with Crippen LogP contribution in [-0.2, 0) is 4.74 Å². The molecule has 0 heterocycles. The third kappa shape index (κ3) is 5.48. The third-order valence-electron chi connectivity index (χ3n) is 1.76. The van der Waals surface area contributed by atoms with E-state index in [-0.39, 0.29) is 18.8 Å². The lowest BCUT2D eigenvalue weighted by molar-refractivity contribution is -0.172. The zero-order valence-electron chi connectivity index (χ0n) is 8.65. The molecule has 0 atom stereocenters. The van der Waals surface area contributed by atoms with Gasteiger partial charge < -0.3 is 10.1 Å². The Bertz CT molecular complexity index is 366. The summed E-state index contributed by atoms with van der Waals surface area (Å²) in [6, 6.07) is 2.88. The lowest BCUT2D eigenvalue weighted by Gasteiger charge is -2.09. The van der Waals surface area contributed by atoms with Gasteiger partial charge in [-0.1, -0.05) is 0 Å². The van der Waals surface area contributed by atoms with Gasteiger partial charge in [0.2, 0.25) is 0 Å². The molecular formula is C10H10F5NO. The monoisotopic (exact) mass is 255 g/mol. The van der Waals surface area contributed by atoms with Crippen LogP contribution in [0.1, 0.15) is 0 Å². The Hall–Kier alpha value is -1.37. The number of hydrogen-bond acceptors (Lipinski definition) is 2. The Morgan fingerprint density at radius 3 is 2.47 bits per heavy atom. The quantitative estimate of drug-likeness (QED) is 0.645. The largest absolute Gasteiger partial charge is 0.411 e. The minimum absolute atomic E-state index is 0.00136. The summed E-state index contributed by atoms with van der Waals surface area (Å²) in [7, 11) is 0. The van der Waals surface area contributed by atoms with Gasteiger partial charge in [0.1, 0.15) is 18.2 Å². The summed E-state index contributed by atoms with van der Waals surface area (Å²) in [5, 5.41) is 2.49. The number of anilines is 1. The number of rotatable bonds is 5. The molecule has 1 aromatic rings. The molecule has 0 fully saturated rings. The van der Waals surface area contributed by atoms with Crippen LogP contribution in [0, 0.1) is 11.6 Å². The Labute approximate surface area is 94.4 Å². The molecule has 7 heteroatoms. The lowest BCUT2D eigenvalue weighted by atomic mass is 10.3. The molecule has 0 spiro atoms. The molecule has 17 heavy (non-hydrogen) atoms. The summed E-state index contributed by atoms with van der Waals surface area (Å²) >= 11 is 0. The van der Waals surface area contributed by atoms with Crippen LogP contribution in [0.4, 0.5) is 27.6 Å². The van der Waals surface area contributed by atoms with Crippen molar-refractivity contribution in [2.24, 2.45) is 0 Å². The molecule has 1 aromatic carbocycles. The van der Waals surface area contributed by atoms with E-state index in [0.717, 1.165) is 12.1 Å². The van der Waals surface area contributed by atoms with E-state index in [0.29, 0.717) is 6.07 Å². The van der Waals surface area contributed by atoms with Gasteiger partial charge in [0.05, 0.1) is 12.3 Å². The van der Waals surface area contributed by atoms with Crippen LogP contribution in [0.3, 0.4) is 0 Å². The average Bonchev–Trinajstić information content (AvgIpc) is 2.18. The van der Waals surface area contributed by atoms with Gasteiger partial charge in [0.15, 0.2) is 0 Å². The molecule has 0 bridgehead atoms. The summed E-state index contributed by atoms with van der Waals surface area (Å²) in [4.78, 5) is 0. The van der Waals surface area contributed by atoms with E-state index in [4.69, 9.17) is 0 Å². The summed E-state index contributed by atoms with van der Waals surface area (Å²) in [5.74, 6) is -1.53. The van der Waals surface area contributed by atoms with Gasteiger partial charge in [0.25, 0.3) is 0 Å². The zero-order valence-corrected chi connectivity index (χ0v) is 8.65. The second-order valence-corrected chi connectivity index (χ2v) is 3.22. The van der Waals surface area contributed by atoms with Crippen molar-refractivity contribution in [3.63, 3.8) is 0 Å². The number of nitrogens with one attached hydrogen (secondary N) is 1. The molecular weight excluding hydrogens is 245 g/mol. The van der Waals surface area contributed by atoms with Gasteiger partial charge in [-0.25, -0.2) is 8.78 Å². The van der Waals surface area contributed by atoms with Gasteiger partial charge in [0, 0.05) is 12.6 Å². The molecule has 0 aliphatic heterocycles. The van der Waals surface area contributed by atoms with Crippen molar-refractivity contribution in [2.45, 2.75) is 6.18 Å². The van der Waals surface area contributed by atoms with Crippen LogP contribution in [0.15, 0.2) is 18.2 Å². The number of ether oxygens (including phenoxy) is 1. The van der Waals surface area contributed by atoms with E-state index < -0.39 is 24.4 Å². The van der Waals surface area contributed by atoms with E-state index >= 15 is 0 Å². The first kappa shape index (κ1) is 13.7. The first-order chi connectivity index (χ1) is 7.88. The number of alkyl halides is 3. The van der Waals surface area contributed by atoms with Crippen LogP contribution < -0.4 is 5.32 Å². The maximum Gasteiger partial charge on any atom is 0.411 e. The van der Waals surface area contributed by atoms with E-state index in [1.54, 1.807) is 0 Å². The van der Waals surface area contributed by atoms with Crippen molar-refractivity contribution in [2.75, 3.05) is 25.1 Å². The second kappa shape index (κ2) is 5.81. The van der Waals surface area contributed by atoms with Crippen molar-refractivity contribution in [3.05, 3.63) is 29.8 Å². The highest BCUT2D eigenvalue weighted by atomic mass is 19.4. The Morgan fingerprint density at radius 1 is 1.18 bits per heavy atom. The maximum atomic E-state index is 13.0. The molecule has 0 aliphatic rings. The van der Waals surface area contributed by atoms with Gasteiger partial charge in [-0.2, -0.15) is 13.2 Å². The fourth-order valence-electron chi connectivity index (χ4n) is 1.08. The van der Waals surface area contributed by atoms with Crippen LogP contribution >= 0.6 is 0 Å². The number of hydrogen-bond donors (Lipinski definition) is 1. The van der Waals surface area contributed by atoms with Crippen molar-refractivity contribution < 1.29 is 26.7 Å². The molecule has 96 valence electrons. The summed E-state index contributed by atoms with van der Waals surface area (Å²) in [5.41, 5.74) is 0.0157. The summed E-state index contributed by atoms with van der Waals surface area (Å²) in [6.07, 6.45) is -4.37. The van der Waals surface area contributed by atoms with Gasteiger partial charge in [-0.15, -0.1) is 0 Å². The molecule has 1 rings (SSSR count). The fourth-order valence-corrected chi connectivity index (χ4v) is 1.08. The smallest absolute Gasteiger partial charge is 0.380 e. The van der Waals surface area contributed by atoms with E-state index in [1.165, 1.54) is 0 Å². The molecule has 1 N–H and O–H groups in total. The van der Waals surface area contributed by atoms with Crippen molar-refractivity contribution in [3.8, 4) is 0 Å². The predicted molar refractivity (Wildman–Crippen MR) is 51.7 cm³/mol. The number of halogens is 5. The van der Waals surface area contributed by atoms with E-state index in [2.05, 4.69) is 10.1 Å². The molecule has 0 saturated carbocycles. The molecule has 0 unspecified atom stereocenters. The molecule has 0 aromatic heterocycles. The van der Waals surface area contributed by atoms with Crippen molar-refractivity contribution in [1.29, 1.82) is 0 Å². The standard InChI is InChI=1S/C10H10F5NO/c11-7-1-2-9(8(12)5-7)16-3-4-17-6-10(13,14)15/h1-2,5,16H,3-4,6H2. The predicted octanol–water partition coefficient (Wildman–Crippen LogP) is 2.96. The van der Waals surface area contributed by atoms with Gasteiger partial charge in [-0.3, -0.25) is 0 Å². The van der Waals surface area contributed by atoms with Gasteiger partial charge in [-0.05, 0) is 12.1 Å². The Balaban J connectivity index is 2.27. The number of benzene rings is 1. The average molecular weight is 255 g/mol. The Morgan fingerprint density at radius 2 is 1.88 bits per heavy atom. The van der Waals surface area contributed by atoms with Gasteiger partial charge >= 0.3 is 6.18 Å². The third-order valence-corrected chi connectivity index (χ3v) is 1.76. The topological polar surface area (TPSA) is 21.3 Å². The zero-order chi connectivity index (χ0) is 12.9. The van der Waals surface area contributed by atoms with Crippen LogP contribution in [-0.4, -0.2) is 25.9 Å². The summed E-state index contributed by atoms with van der Waals surface area (Å²) < 4.78 is 64.8. The molecule has 0 saturated heterocycles. The van der Waals surface area contributed by atoms with E-state index in [1.807, 2.05) is 0 Å². The second-order valence-electron chi connectivity index (χ2n) is 3.22. The summed E-state index contributed by atoms with van der Waals surface area (Å²) in [6.45, 7) is -1.57. The highest BCUT2D eigenvalue weighted by Crippen LogP contribution is 2.15. The first-order valence-corrected chi connectivity index (χ1v) is 4.72. The molecule has 0 radical (unpaired) electrons. The molecule has 2 nitrogen and oxygen atoms in total. The fraction of sp³-hybridized carbons (Fsp3) is 0.400. The Kier molecular flexibility index (Phi) is 4.68. The lowest BCUT2D eigenvalue weighted by Crippen LogP contribution is -2.20. The van der Waals surface area contributed by atoms with E-state index in [9.17, 15) is 22.0 Å². The van der Waals surface area contributed by atoms with Crippen LogP contribution in [0.2, 0.25) is 0 Å².